The number of carbonyl (C=O) groups is 1. The molecule has 0 fully saturated rings. The monoisotopic (exact) mass is 333 g/mol. The van der Waals surface area contributed by atoms with Crippen LogP contribution < -0.4 is 9.46 Å². The molecule has 0 saturated carbocycles. The van der Waals surface area contributed by atoms with E-state index in [9.17, 15) is 13.2 Å². The SMILES string of the molecule is CC(C)(/C=C/Cl)NS(=O)(=O)c1ccc(OCC(=O)O)cc1. The van der Waals surface area contributed by atoms with Crippen LogP contribution in [0.2, 0.25) is 0 Å². The van der Waals surface area contributed by atoms with Gasteiger partial charge in [0, 0.05) is 11.1 Å². The van der Waals surface area contributed by atoms with Crippen molar-refractivity contribution in [1.29, 1.82) is 0 Å². The smallest absolute Gasteiger partial charge is 0.341 e. The number of ether oxygens (including phenoxy) is 1. The zero-order valence-corrected chi connectivity index (χ0v) is 13.1. The van der Waals surface area contributed by atoms with Crippen molar-refractivity contribution in [2.24, 2.45) is 0 Å². The minimum atomic E-state index is -3.72. The van der Waals surface area contributed by atoms with E-state index in [1.807, 2.05) is 0 Å². The predicted octanol–water partition coefficient (Wildman–Crippen LogP) is 1.96. The van der Waals surface area contributed by atoms with Gasteiger partial charge in [0.15, 0.2) is 6.61 Å². The van der Waals surface area contributed by atoms with Crippen LogP contribution in [0.25, 0.3) is 0 Å². The first-order chi connectivity index (χ1) is 9.66. The lowest BCUT2D eigenvalue weighted by Gasteiger charge is -2.21. The Hall–Kier alpha value is -1.57. The summed E-state index contributed by atoms with van der Waals surface area (Å²) in [4.78, 5) is 10.4. The van der Waals surface area contributed by atoms with Crippen molar-refractivity contribution in [3.05, 3.63) is 35.9 Å². The average Bonchev–Trinajstić information content (AvgIpc) is 2.35. The van der Waals surface area contributed by atoms with E-state index >= 15 is 0 Å². The zero-order valence-electron chi connectivity index (χ0n) is 11.5. The number of benzene rings is 1. The summed E-state index contributed by atoms with van der Waals surface area (Å²) in [6, 6.07) is 5.45. The molecule has 2 N–H and O–H groups in total. The van der Waals surface area contributed by atoms with Crippen LogP contribution in [0, 0.1) is 0 Å². The summed E-state index contributed by atoms with van der Waals surface area (Å²) in [7, 11) is -3.72. The number of hydrogen-bond acceptors (Lipinski definition) is 4. The molecular formula is C13H16ClNO5S. The first kappa shape index (κ1) is 17.5. The molecule has 0 aliphatic rings. The quantitative estimate of drug-likeness (QED) is 0.795. The third-order valence-corrected chi connectivity index (χ3v) is 4.19. The number of nitrogens with one attached hydrogen (secondary N) is 1. The lowest BCUT2D eigenvalue weighted by atomic mass is 10.1. The topological polar surface area (TPSA) is 92.7 Å². The fraction of sp³-hybridized carbons (Fsp3) is 0.308. The maximum atomic E-state index is 12.2. The maximum Gasteiger partial charge on any atom is 0.341 e. The van der Waals surface area contributed by atoms with E-state index in [4.69, 9.17) is 21.4 Å². The van der Waals surface area contributed by atoms with Crippen molar-refractivity contribution in [2.75, 3.05) is 6.61 Å². The van der Waals surface area contributed by atoms with Gasteiger partial charge in [0.25, 0.3) is 0 Å². The van der Waals surface area contributed by atoms with Crippen LogP contribution in [-0.4, -0.2) is 31.6 Å². The van der Waals surface area contributed by atoms with Crippen LogP contribution in [0.1, 0.15) is 13.8 Å². The van der Waals surface area contributed by atoms with Gasteiger partial charge in [0.05, 0.1) is 4.90 Å². The molecule has 8 heteroatoms. The van der Waals surface area contributed by atoms with E-state index in [-0.39, 0.29) is 10.6 Å². The molecule has 0 radical (unpaired) electrons. The molecule has 0 aliphatic heterocycles. The van der Waals surface area contributed by atoms with Crippen LogP contribution in [0.3, 0.4) is 0 Å². The van der Waals surface area contributed by atoms with E-state index in [0.29, 0.717) is 0 Å². The Morgan fingerprint density at radius 3 is 2.43 bits per heavy atom. The van der Waals surface area contributed by atoms with Gasteiger partial charge in [0.2, 0.25) is 10.0 Å². The number of aliphatic carboxylic acids is 1. The van der Waals surface area contributed by atoms with Crippen LogP contribution in [-0.2, 0) is 14.8 Å². The summed E-state index contributed by atoms with van der Waals surface area (Å²) < 4.78 is 31.8. The molecule has 0 aromatic heterocycles. The lowest BCUT2D eigenvalue weighted by Crippen LogP contribution is -2.41. The standard InChI is InChI=1S/C13H16ClNO5S/c1-13(2,7-8-14)15-21(18,19)11-5-3-10(4-6-11)20-9-12(16)17/h3-8,15H,9H2,1-2H3,(H,16,17)/b8-7+. The second-order valence-corrected chi connectivity index (χ2v) is 6.71. The Morgan fingerprint density at radius 2 is 1.95 bits per heavy atom. The van der Waals surface area contributed by atoms with Gasteiger partial charge in [0.1, 0.15) is 5.75 Å². The number of sulfonamides is 1. The number of carboxylic acids is 1. The normalized spacial score (nSPS) is 12.5. The number of rotatable bonds is 7. The molecule has 21 heavy (non-hydrogen) atoms. The van der Waals surface area contributed by atoms with Crippen LogP contribution in [0.15, 0.2) is 40.8 Å². The molecule has 0 heterocycles. The van der Waals surface area contributed by atoms with Crippen molar-refractivity contribution in [2.45, 2.75) is 24.3 Å². The maximum absolute atomic E-state index is 12.2. The summed E-state index contributed by atoms with van der Waals surface area (Å²) in [5.74, 6) is -0.834. The van der Waals surface area contributed by atoms with E-state index in [0.717, 1.165) is 0 Å². The molecule has 0 unspecified atom stereocenters. The van der Waals surface area contributed by atoms with E-state index in [1.54, 1.807) is 13.8 Å². The summed E-state index contributed by atoms with van der Waals surface area (Å²) in [6.45, 7) is 2.83. The second-order valence-electron chi connectivity index (χ2n) is 4.77. The first-order valence-electron chi connectivity index (χ1n) is 5.93. The number of halogens is 1. The van der Waals surface area contributed by atoms with Crippen molar-refractivity contribution in [1.82, 2.24) is 4.72 Å². The van der Waals surface area contributed by atoms with E-state index in [1.165, 1.54) is 35.9 Å². The van der Waals surface area contributed by atoms with Gasteiger partial charge >= 0.3 is 5.97 Å². The summed E-state index contributed by atoms with van der Waals surface area (Å²) in [6.07, 6.45) is 1.51. The Bertz CT molecular complexity index is 622. The van der Waals surface area contributed by atoms with Gasteiger partial charge in [-0.05, 0) is 38.1 Å². The Morgan fingerprint density at radius 1 is 1.38 bits per heavy atom. The van der Waals surface area contributed by atoms with E-state index < -0.39 is 28.1 Å². The van der Waals surface area contributed by atoms with E-state index in [2.05, 4.69) is 4.72 Å². The summed E-state index contributed by atoms with van der Waals surface area (Å²) >= 11 is 5.46. The summed E-state index contributed by atoms with van der Waals surface area (Å²) in [5, 5.41) is 8.49. The molecule has 0 atom stereocenters. The van der Waals surface area contributed by atoms with Gasteiger partial charge in [-0.15, -0.1) is 0 Å². The van der Waals surface area contributed by atoms with Crippen LogP contribution in [0.4, 0.5) is 0 Å². The largest absolute Gasteiger partial charge is 0.482 e. The van der Waals surface area contributed by atoms with Crippen molar-refractivity contribution < 1.29 is 23.1 Å². The van der Waals surface area contributed by atoms with Gasteiger partial charge in [-0.1, -0.05) is 17.7 Å². The van der Waals surface area contributed by atoms with Gasteiger partial charge < -0.3 is 9.84 Å². The fourth-order valence-corrected chi connectivity index (χ4v) is 3.14. The third-order valence-electron chi connectivity index (χ3n) is 2.37. The molecule has 1 aromatic rings. The molecule has 116 valence electrons. The third kappa shape index (κ3) is 5.74. The first-order valence-corrected chi connectivity index (χ1v) is 7.85. The molecule has 1 aromatic carbocycles. The molecule has 6 nitrogen and oxygen atoms in total. The van der Waals surface area contributed by atoms with Crippen molar-refractivity contribution in [3.63, 3.8) is 0 Å². The average molecular weight is 334 g/mol. The molecule has 1 rings (SSSR count). The molecular weight excluding hydrogens is 318 g/mol. The molecule has 0 spiro atoms. The number of hydrogen-bond donors (Lipinski definition) is 2. The molecule has 0 amide bonds. The van der Waals surface area contributed by atoms with Crippen LogP contribution in [0.5, 0.6) is 5.75 Å². The van der Waals surface area contributed by atoms with Crippen molar-refractivity contribution in [3.8, 4) is 5.75 Å². The predicted molar refractivity (Wildman–Crippen MR) is 79.0 cm³/mol. The Balaban J connectivity index is 2.87. The zero-order chi connectivity index (χ0) is 16.1. The Kier molecular flexibility index (Phi) is 5.77. The highest BCUT2D eigenvalue weighted by atomic mass is 35.5. The van der Waals surface area contributed by atoms with Gasteiger partial charge in [-0.3, -0.25) is 0 Å². The highest BCUT2D eigenvalue weighted by Crippen LogP contribution is 2.18. The minimum absolute atomic E-state index is 0.0428. The molecule has 0 bridgehead atoms. The fourth-order valence-electron chi connectivity index (χ4n) is 1.46. The number of carboxylic acid groups (broad SMARTS) is 1. The lowest BCUT2D eigenvalue weighted by molar-refractivity contribution is -0.139. The minimum Gasteiger partial charge on any atom is -0.482 e. The molecule has 0 aliphatic carbocycles. The molecule has 0 saturated heterocycles. The van der Waals surface area contributed by atoms with Gasteiger partial charge in [-0.2, -0.15) is 0 Å². The summed E-state index contributed by atoms with van der Waals surface area (Å²) in [5.41, 5.74) is 0.407. The van der Waals surface area contributed by atoms with Crippen molar-refractivity contribution >= 4 is 27.6 Å². The highest BCUT2D eigenvalue weighted by molar-refractivity contribution is 7.89. The second kappa shape index (κ2) is 6.93. The van der Waals surface area contributed by atoms with Crippen LogP contribution >= 0.6 is 11.6 Å². The highest BCUT2D eigenvalue weighted by Gasteiger charge is 2.23. The van der Waals surface area contributed by atoms with Gasteiger partial charge in [-0.25, -0.2) is 17.9 Å². The Labute approximate surface area is 128 Å².